The van der Waals surface area contributed by atoms with Crippen molar-refractivity contribution in [2.24, 2.45) is 0 Å². The Bertz CT molecular complexity index is 3430. The van der Waals surface area contributed by atoms with Gasteiger partial charge in [-0.05, 0) is 92.1 Å². The van der Waals surface area contributed by atoms with Gasteiger partial charge in [-0.3, -0.25) is 9.13 Å². The molecule has 6 aromatic rings. The molecular weight excluding hydrogens is 1210 g/mol. The van der Waals surface area contributed by atoms with Gasteiger partial charge < -0.3 is 61.1 Å². The predicted molar refractivity (Wildman–Crippen MR) is 331 cm³/mol. The summed E-state index contributed by atoms with van der Waals surface area (Å²) in [6.45, 7) is 5.55. The number of carbonyl (C=O) groups is 6. The second-order valence-electron chi connectivity index (χ2n) is 21.1. The second-order valence-corrected chi connectivity index (χ2v) is 25.0. The molecule has 91 heavy (non-hydrogen) atoms. The highest BCUT2D eigenvalue weighted by Gasteiger charge is 2.59. The Balaban J connectivity index is 1.29. The number of hydrogen-bond acceptors (Lipinski definition) is 20. The lowest BCUT2D eigenvalue weighted by atomic mass is 9.93. The molecule has 2 saturated heterocycles. The van der Waals surface area contributed by atoms with Gasteiger partial charge in [0.1, 0.15) is 31.0 Å². The van der Waals surface area contributed by atoms with Crippen LogP contribution >= 0.6 is 15.2 Å². The Labute approximate surface area is 527 Å². The molecule has 12 atom stereocenters. The molecule has 0 amide bonds. The van der Waals surface area contributed by atoms with E-state index in [1.54, 1.807) is 109 Å². The number of allylic oxidation sites excluding steroid dienone is 1. The van der Waals surface area contributed by atoms with E-state index < -0.39 is 132 Å². The summed E-state index contributed by atoms with van der Waals surface area (Å²) in [5.41, 5.74) is -0.0438. The maximum absolute atomic E-state index is 14.8. The minimum Gasteiger partial charge on any atom is -0.459 e. The van der Waals surface area contributed by atoms with Crippen LogP contribution < -0.4 is 0 Å². The van der Waals surface area contributed by atoms with Crippen LogP contribution in [0.25, 0.3) is 0 Å². The Kier molecular flexibility index (Phi) is 25.9. The Morgan fingerprint density at radius 1 is 0.440 bits per heavy atom. The molecule has 21 nitrogen and oxygen atoms in total. The summed E-state index contributed by atoms with van der Waals surface area (Å²) >= 11 is 0. The molecule has 2 aliphatic heterocycles. The van der Waals surface area contributed by atoms with Crippen molar-refractivity contribution in [1.29, 1.82) is 0 Å². The molecule has 1 N–H and O–H groups in total. The molecule has 0 radical (unpaired) electrons. The van der Waals surface area contributed by atoms with Crippen LogP contribution in [0.5, 0.6) is 0 Å². The lowest BCUT2D eigenvalue weighted by Gasteiger charge is -2.49. The van der Waals surface area contributed by atoms with Crippen molar-refractivity contribution >= 4 is 51.0 Å². The summed E-state index contributed by atoms with van der Waals surface area (Å²) < 4.78 is 103. The minimum atomic E-state index is -4.79. The van der Waals surface area contributed by atoms with Gasteiger partial charge >= 0.3 is 51.0 Å². The molecular formula is C68H72O21P2. The monoisotopic (exact) mass is 1290 g/mol. The molecule has 0 bridgehead atoms. The Hall–Kier alpha value is -8.20. The number of hydrogen-bond donors (Lipinski definition) is 1. The largest absolute Gasteiger partial charge is 0.459 e. The van der Waals surface area contributed by atoms with E-state index in [0.717, 1.165) is 45.0 Å². The molecule has 0 aromatic heterocycles. The third-order valence-electron chi connectivity index (χ3n) is 14.7. The van der Waals surface area contributed by atoms with Gasteiger partial charge in [0.25, 0.3) is 0 Å². The van der Waals surface area contributed by atoms with Crippen LogP contribution in [-0.2, 0) is 65.3 Å². The SMILES string of the molecule is C=CCCCCCCCCOP(=O)(O)C[C@H]1O[C@H](COC(=O)c2ccccc2)[C@@H](O[C@@H]2O[C@H](COP(=O)(C=C)OC)[C@H](OC(=O)c3ccccc3)[C@H](OC(=O)c3ccccc3)[C@H]2OC(=O)c2ccccc2)[C@H](OC(=O)c2ccccc2)[C@@H]1OC(=O)c1ccccc1. The first kappa shape index (κ1) is 68.7. The second kappa shape index (κ2) is 34.3. The van der Waals surface area contributed by atoms with Crippen molar-refractivity contribution in [3.63, 3.8) is 0 Å². The molecule has 8 rings (SSSR count). The molecule has 2 heterocycles. The van der Waals surface area contributed by atoms with Crippen molar-refractivity contribution in [2.75, 3.05) is 33.1 Å². The van der Waals surface area contributed by atoms with E-state index in [-0.39, 0.29) is 40.0 Å². The average molecular weight is 1290 g/mol. The number of unbranched alkanes of at least 4 members (excludes halogenated alkanes) is 6. The molecule has 23 heteroatoms. The summed E-state index contributed by atoms with van der Waals surface area (Å²) in [5.74, 6) is -5.21. The summed E-state index contributed by atoms with van der Waals surface area (Å²) in [7, 11) is -7.92. The van der Waals surface area contributed by atoms with Crippen LogP contribution in [0.3, 0.4) is 0 Å². The average Bonchev–Trinajstić information content (AvgIpc) is 0.871. The first-order chi connectivity index (χ1) is 44.1. The van der Waals surface area contributed by atoms with Gasteiger partial charge in [0.15, 0.2) is 36.8 Å². The highest BCUT2D eigenvalue weighted by atomic mass is 31.2. The van der Waals surface area contributed by atoms with Gasteiger partial charge in [0, 0.05) is 12.9 Å². The molecule has 0 saturated carbocycles. The summed E-state index contributed by atoms with van der Waals surface area (Å²) in [6, 6.07) is 45.8. The van der Waals surface area contributed by atoms with E-state index in [9.17, 15) is 42.8 Å². The molecule has 0 spiro atoms. The summed E-state index contributed by atoms with van der Waals surface area (Å²) in [4.78, 5) is 98.7. The predicted octanol–water partition coefficient (Wildman–Crippen LogP) is 12.0. The van der Waals surface area contributed by atoms with Gasteiger partial charge in [-0.25, -0.2) is 28.8 Å². The Morgan fingerprint density at radius 2 is 0.802 bits per heavy atom. The summed E-state index contributed by atoms with van der Waals surface area (Å²) in [6.07, 6.45) is -12.6. The van der Waals surface area contributed by atoms with E-state index in [1.165, 1.54) is 72.8 Å². The Morgan fingerprint density at radius 3 is 1.22 bits per heavy atom. The lowest BCUT2D eigenvalue weighted by molar-refractivity contribution is -0.337. The van der Waals surface area contributed by atoms with Crippen LogP contribution in [0.2, 0.25) is 0 Å². The lowest BCUT2D eigenvalue weighted by Crippen LogP contribution is -2.67. The van der Waals surface area contributed by atoms with E-state index in [4.69, 9.17) is 56.2 Å². The van der Waals surface area contributed by atoms with E-state index >= 15 is 0 Å². The fourth-order valence-corrected chi connectivity index (χ4v) is 12.0. The number of carbonyl (C=O) groups excluding carboxylic acids is 6. The van der Waals surface area contributed by atoms with Gasteiger partial charge in [-0.1, -0.05) is 148 Å². The number of esters is 6. The number of benzene rings is 6. The zero-order valence-corrected chi connectivity index (χ0v) is 51.7. The normalized spacial score (nSPS) is 22.5. The minimum absolute atomic E-state index is 0.00413. The zero-order chi connectivity index (χ0) is 64.6. The topological polar surface area (TPSA) is 268 Å². The molecule has 2 unspecified atom stereocenters. The third kappa shape index (κ3) is 19.9. The van der Waals surface area contributed by atoms with Crippen LogP contribution in [0.15, 0.2) is 207 Å². The first-order valence-electron chi connectivity index (χ1n) is 29.6. The van der Waals surface area contributed by atoms with Crippen LogP contribution in [0.4, 0.5) is 0 Å². The van der Waals surface area contributed by atoms with Gasteiger partial charge in [-0.2, -0.15) is 0 Å². The van der Waals surface area contributed by atoms with Crippen molar-refractivity contribution < 1.29 is 99.0 Å². The van der Waals surface area contributed by atoms with Crippen molar-refractivity contribution in [3.8, 4) is 0 Å². The summed E-state index contributed by atoms with van der Waals surface area (Å²) in [5, 5.41) is 0. The number of rotatable bonds is 32. The standard InChI is InChI=1S/C68H72O21P2/c1-4-6-7-8-9-10-11-30-43-80-90(75,76)46-55-58(85-64(71)49-35-22-14-23-36-49)59(86-65(72)50-37-24-15-25-38-50)57(53(82-55)44-79-62(69)47-31-18-12-19-32-47)89-68-61(88-67(74)52-41-28-17-29-42-52)60(87-66(73)51-39-26-16-27-40-51)56(84-63(70)48-33-20-13-21-34-48)54(83-68)45-81-91(77,5-2)78-3/h4-5,12-29,31-42,53-61,68H,1-2,6-11,30,43-46H2,3H3,(H,75,76)/t53-,54-,55-,56+,57-,58-,59+,60+,61-,68+,91?/m1/s1. The molecule has 2 aliphatic rings. The van der Waals surface area contributed by atoms with Crippen LogP contribution in [-0.4, -0.2) is 135 Å². The van der Waals surface area contributed by atoms with Crippen LogP contribution in [0.1, 0.15) is 107 Å². The zero-order valence-electron chi connectivity index (χ0n) is 49.9. The highest BCUT2D eigenvalue weighted by Crippen LogP contribution is 2.50. The molecule has 480 valence electrons. The maximum Gasteiger partial charge on any atom is 0.353 e. The molecule has 6 aromatic carbocycles. The fourth-order valence-electron chi connectivity index (χ4n) is 9.98. The van der Waals surface area contributed by atoms with Crippen molar-refractivity contribution in [2.45, 2.75) is 106 Å². The van der Waals surface area contributed by atoms with Gasteiger partial charge in [-0.15, -0.1) is 6.58 Å². The fraction of sp³-hybridized carbons (Fsp3) is 0.324. The molecule has 0 aliphatic carbocycles. The van der Waals surface area contributed by atoms with E-state index in [0.29, 0.717) is 12.8 Å². The van der Waals surface area contributed by atoms with E-state index in [2.05, 4.69) is 13.2 Å². The van der Waals surface area contributed by atoms with E-state index in [1.807, 2.05) is 6.08 Å². The van der Waals surface area contributed by atoms with Crippen molar-refractivity contribution in [3.05, 3.63) is 240 Å². The first-order valence-corrected chi connectivity index (χ1v) is 33.0. The highest BCUT2D eigenvalue weighted by molar-refractivity contribution is 7.57. The number of ether oxygens (including phenoxy) is 9. The van der Waals surface area contributed by atoms with Gasteiger partial charge in [0.2, 0.25) is 0 Å². The molecule has 2 fully saturated rings. The third-order valence-corrected chi connectivity index (χ3v) is 17.5. The van der Waals surface area contributed by atoms with Gasteiger partial charge in [0.05, 0.1) is 52.8 Å². The quantitative estimate of drug-likeness (QED) is 0.0135. The van der Waals surface area contributed by atoms with Crippen molar-refractivity contribution in [1.82, 2.24) is 0 Å². The smallest absolute Gasteiger partial charge is 0.353 e. The van der Waals surface area contributed by atoms with Crippen LogP contribution in [0, 0.1) is 0 Å². The maximum atomic E-state index is 14.8.